The first-order valence-corrected chi connectivity index (χ1v) is 6.89. The molecule has 1 aromatic rings. The molecule has 0 aliphatic rings. The van der Waals surface area contributed by atoms with Gasteiger partial charge in [0.2, 0.25) is 0 Å². The van der Waals surface area contributed by atoms with E-state index in [1.54, 1.807) is 24.3 Å². The van der Waals surface area contributed by atoms with E-state index in [2.05, 4.69) is 6.58 Å². The number of benzene rings is 1. The summed E-state index contributed by atoms with van der Waals surface area (Å²) in [7, 11) is -3.37. The number of hydrogen-bond donors (Lipinski definition) is 1. The highest BCUT2D eigenvalue weighted by molar-refractivity contribution is 7.90. The van der Waals surface area contributed by atoms with Gasteiger partial charge in [0.15, 0.2) is 9.84 Å². The van der Waals surface area contributed by atoms with Crippen LogP contribution in [0.5, 0.6) is 0 Å². The number of hydrogen-bond acceptors (Lipinski definition) is 3. The van der Waals surface area contributed by atoms with Gasteiger partial charge in [0.05, 0.1) is 17.9 Å². The second-order valence-electron chi connectivity index (χ2n) is 3.68. The average Bonchev–Trinajstić information content (AvgIpc) is 2.26. The SMILES string of the molecule is C=Cc1cccc(CS(=O)(=O)CCC(=O)O)c1. The lowest BCUT2D eigenvalue weighted by Crippen LogP contribution is -2.12. The molecule has 0 spiro atoms. The van der Waals surface area contributed by atoms with Crippen LogP contribution >= 0.6 is 0 Å². The molecule has 0 aromatic heterocycles. The van der Waals surface area contributed by atoms with Gasteiger partial charge in [0.1, 0.15) is 0 Å². The molecule has 5 heteroatoms. The van der Waals surface area contributed by atoms with Gasteiger partial charge in [-0.3, -0.25) is 4.79 Å². The third kappa shape index (κ3) is 4.82. The van der Waals surface area contributed by atoms with Gasteiger partial charge in [-0.15, -0.1) is 0 Å². The zero-order chi connectivity index (χ0) is 12.9. The fraction of sp³-hybridized carbons (Fsp3) is 0.250. The molecule has 0 fully saturated rings. The lowest BCUT2D eigenvalue weighted by atomic mass is 10.1. The Morgan fingerprint density at radius 3 is 2.71 bits per heavy atom. The number of carboxylic acids is 1. The van der Waals surface area contributed by atoms with Gasteiger partial charge in [-0.2, -0.15) is 0 Å². The highest BCUT2D eigenvalue weighted by atomic mass is 32.2. The Kier molecular flexibility index (Phi) is 4.45. The Hall–Kier alpha value is -1.62. The fourth-order valence-corrected chi connectivity index (χ4v) is 2.70. The second kappa shape index (κ2) is 5.63. The van der Waals surface area contributed by atoms with Gasteiger partial charge in [-0.05, 0) is 11.1 Å². The summed E-state index contributed by atoms with van der Waals surface area (Å²) in [6.07, 6.45) is 1.27. The first-order chi connectivity index (χ1) is 7.93. The Labute approximate surface area is 101 Å². The summed E-state index contributed by atoms with van der Waals surface area (Å²) in [5.41, 5.74) is 1.49. The van der Waals surface area contributed by atoms with E-state index in [0.29, 0.717) is 5.56 Å². The van der Waals surface area contributed by atoms with Crippen LogP contribution in [0.15, 0.2) is 30.8 Å². The van der Waals surface area contributed by atoms with Crippen molar-refractivity contribution in [3.8, 4) is 0 Å². The van der Waals surface area contributed by atoms with Crippen molar-refractivity contribution < 1.29 is 18.3 Å². The van der Waals surface area contributed by atoms with Crippen LogP contribution in [0.4, 0.5) is 0 Å². The predicted molar refractivity (Wildman–Crippen MR) is 66.3 cm³/mol. The van der Waals surface area contributed by atoms with Crippen molar-refractivity contribution in [2.24, 2.45) is 0 Å². The summed E-state index contributed by atoms with van der Waals surface area (Å²) >= 11 is 0. The average molecular weight is 254 g/mol. The summed E-state index contributed by atoms with van der Waals surface area (Å²) in [5.74, 6) is -1.57. The van der Waals surface area contributed by atoms with Crippen molar-refractivity contribution in [2.75, 3.05) is 5.75 Å². The maximum Gasteiger partial charge on any atom is 0.304 e. The molecule has 0 amide bonds. The summed E-state index contributed by atoms with van der Waals surface area (Å²) in [6.45, 7) is 3.60. The van der Waals surface area contributed by atoms with Gasteiger partial charge in [0.25, 0.3) is 0 Å². The number of sulfone groups is 1. The van der Waals surface area contributed by atoms with E-state index >= 15 is 0 Å². The Balaban J connectivity index is 2.75. The molecular formula is C12H14O4S. The van der Waals surface area contributed by atoms with E-state index in [0.717, 1.165) is 5.56 Å². The van der Waals surface area contributed by atoms with Crippen molar-refractivity contribution in [3.63, 3.8) is 0 Å². The number of rotatable bonds is 6. The smallest absolute Gasteiger partial charge is 0.304 e. The third-order valence-electron chi connectivity index (χ3n) is 2.20. The van der Waals surface area contributed by atoms with Crippen molar-refractivity contribution in [3.05, 3.63) is 42.0 Å². The third-order valence-corrected chi connectivity index (χ3v) is 3.80. The molecule has 92 valence electrons. The molecule has 1 N–H and O–H groups in total. The molecule has 1 rings (SSSR count). The van der Waals surface area contributed by atoms with E-state index in [9.17, 15) is 13.2 Å². The molecule has 1 aromatic carbocycles. The normalized spacial score (nSPS) is 11.1. The molecule has 0 heterocycles. The number of carbonyl (C=O) groups is 1. The molecule has 0 atom stereocenters. The van der Waals surface area contributed by atoms with E-state index in [1.807, 2.05) is 6.07 Å². The largest absolute Gasteiger partial charge is 0.481 e. The first kappa shape index (κ1) is 13.4. The standard InChI is InChI=1S/C12H14O4S/c1-2-10-4-3-5-11(8-10)9-17(15,16)7-6-12(13)14/h2-5,8H,1,6-7,9H2,(H,13,14). The van der Waals surface area contributed by atoms with Crippen molar-refractivity contribution in [1.29, 1.82) is 0 Å². The lowest BCUT2D eigenvalue weighted by Gasteiger charge is -2.04. The molecule has 0 radical (unpaired) electrons. The molecular weight excluding hydrogens is 240 g/mol. The minimum absolute atomic E-state index is 0.137. The monoisotopic (exact) mass is 254 g/mol. The first-order valence-electron chi connectivity index (χ1n) is 5.06. The zero-order valence-corrected chi connectivity index (χ0v) is 10.1. The molecule has 0 aliphatic carbocycles. The van der Waals surface area contributed by atoms with Gasteiger partial charge in [0, 0.05) is 0 Å². The maximum atomic E-state index is 11.6. The molecule has 4 nitrogen and oxygen atoms in total. The van der Waals surface area contributed by atoms with Crippen LogP contribution in [-0.4, -0.2) is 25.2 Å². The molecule has 0 aliphatic heterocycles. The van der Waals surface area contributed by atoms with Crippen molar-refractivity contribution in [2.45, 2.75) is 12.2 Å². The summed E-state index contributed by atoms with van der Waals surface area (Å²) in [6, 6.07) is 7.00. The van der Waals surface area contributed by atoms with Crippen molar-refractivity contribution >= 4 is 21.9 Å². The van der Waals surface area contributed by atoms with Gasteiger partial charge >= 0.3 is 5.97 Å². The highest BCUT2D eigenvalue weighted by Gasteiger charge is 2.14. The molecule has 0 saturated heterocycles. The van der Waals surface area contributed by atoms with E-state index < -0.39 is 15.8 Å². The van der Waals surface area contributed by atoms with E-state index in [-0.39, 0.29) is 17.9 Å². The van der Waals surface area contributed by atoms with Gasteiger partial charge in [-0.25, -0.2) is 8.42 Å². The van der Waals surface area contributed by atoms with Gasteiger partial charge in [-0.1, -0.05) is 36.9 Å². The maximum absolute atomic E-state index is 11.6. The molecule has 0 bridgehead atoms. The predicted octanol–water partition coefficient (Wildman–Crippen LogP) is 1.72. The Bertz CT molecular complexity index is 517. The topological polar surface area (TPSA) is 71.4 Å². The van der Waals surface area contributed by atoms with Crippen LogP contribution in [0.25, 0.3) is 6.08 Å². The van der Waals surface area contributed by atoms with Crippen LogP contribution in [0.1, 0.15) is 17.5 Å². The number of carboxylic acid groups (broad SMARTS) is 1. The zero-order valence-electron chi connectivity index (χ0n) is 9.30. The molecule has 0 unspecified atom stereocenters. The van der Waals surface area contributed by atoms with Crippen molar-refractivity contribution in [1.82, 2.24) is 0 Å². The van der Waals surface area contributed by atoms with Crippen LogP contribution < -0.4 is 0 Å². The van der Waals surface area contributed by atoms with Crippen LogP contribution in [0, 0.1) is 0 Å². The Morgan fingerprint density at radius 1 is 1.41 bits per heavy atom. The lowest BCUT2D eigenvalue weighted by molar-refractivity contribution is -0.136. The van der Waals surface area contributed by atoms with Crippen LogP contribution in [0.2, 0.25) is 0 Å². The minimum atomic E-state index is -3.37. The number of aliphatic carboxylic acids is 1. The molecule has 17 heavy (non-hydrogen) atoms. The van der Waals surface area contributed by atoms with Crippen LogP contribution in [-0.2, 0) is 20.4 Å². The van der Waals surface area contributed by atoms with Crippen LogP contribution in [0.3, 0.4) is 0 Å². The van der Waals surface area contributed by atoms with E-state index in [4.69, 9.17) is 5.11 Å². The summed E-state index contributed by atoms with van der Waals surface area (Å²) < 4.78 is 23.2. The minimum Gasteiger partial charge on any atom is -0.481 e. The highest BCUT2D eigenvalue weighted by Crippen LogP contribution is 2.11. The fourth-order valence-electron chi connectivity index (χ4n) is 1.38. The Morgan fingerprint density at radius 2 is 2.12 bits per heavy atom. The summed E-state index contributed by atoms with van der Waals surface area (Å²) in [5, 5.41) is 8.45. The molecule has 0 saturated carbocycles. The summed E-state index contributed by atoms with van der Waals surface area (Å²) in [4.78, 5) is 10.3. The van der Waals surface area contributed by atoms with E-state index in [1.165, 1.54) is 0 Å². The second-order valence-corrected chi connectivity index (χ2v) is 5.87. The van der Waals surface area contributed by atoms with Gasteiger partial charge < -0.3 is 5.11 Å². The quantitative estimate of drug-likeness (QED) is 0.839.